The summed E-state index contributed by atoms with van der Waals surface area (Å²) >= 11 is 0. The molecule has 1 atom stereocenters. The highest BCUT2D eigenvalue weighted by atomic mass is 32.2. The van der Waals surface area contributed by atoms with Crippen LogP contribution in [-0.2, 0) is 19.4 Å². The largest absolute Gasteiger partial charge is 0.465 e. The van der Waals surface area contributed by atoms with E-state index in [-0.39, 0.29) is 24.5 Å². The van der Waals surface area contributed by atoms with Gasteiger partial charge < -0.3 is 4.74 Å². The first-order valence-corrected chi connectivity index (χ1v) is 6.92. The van der Waals surface area contributed by atoms with Crippen molar-refractivity contribution >= 4 is 15.8 Å². The molecule has 0 aromatic heterocycles. The van der Waals surface area contributed by atoms with Crippen LogP contribution in [0.3, 0.4) is 0 Å². The number of carbonyl (C=O) groups is 1. The van der Waals surface area contributed by atoms with E-state index in [1.165, 1.54) is 13.8 Å². The normalized spacial score (nSPS) is 14.9. The minimum Gasteiger partial charge on any atom is -0.465 e. The van der Waals surface area contributed by atoms with Crippen LogP contribution in [0.5, 0.6) is 0 Å². The summed E-state index contributed by atoms with van der Waals surface area (Å²) in [6, 6.07) is 1.82. The van der Waals surface area contributed by atoms with Crippen molar-refractivity contribution in [3.8, 4) is 6.07 Å². The number of sulfone groups is 1. The molecular formula is C10H17NO4S. The standard InChI is InChI=1S/C10H17NO4S/c1-4-15-9(12)10(3,8-11)6-7-16(13,14)5-2/h4-7H2,1-3H3. The van der Waals surface area contributed by atoms with Crippen LogP contribution in [-0.4, -0.2) is 32.5 Å². The van der Waals surface area contributed by atoms with Crippen LogP contribution in [0.15, 0.2) is 0 Å². The number of nitrogens with zero attached hydrogens (tertiary/aromatic N) is 1. The third kappa shape index (κ3) is 4.19. The first kappa shape index (κ1) is 14.9. The number of nitriles is 1. The van der Waals surface area contributed by atoms with Crippen LogP contribution >= 0.6 is 0 Å². The summed E-state index contributed by atoms with van der Waals surface area (Å²) in [5.41, 5.74) is -1.38. The van der Waals surface area contributed by atoms with E-state index in [1.807, 2.05) is 6.07 Å². The van der Waals surface area contributed by atoms with Crippen molar-refractivity contribution in [2.24, 2.45) is 5.41 Å². The summed E-state index contributed by atoms with van der Waals surface area (Å²) < 4.78 is 27.3. The minimum atomic E-state index is -3.17. The van der Waals surface area contributed by atoms with Crippen molar-refractivity contribution in [2.45, 2.75) is 27.2 Å². The topological polar surface area (TPSA) is 84.2 Å². The second-order valence-corrected chi connectivity index (χ2v) is 6.12. The fourth-order valence-corrected chi connectivity index (χ4v) is 2.01. The van der Waals surface area contributed by atoms with Gasteiger partial charge in [-0.1, -0.05) is 6.92 Å². The molecule has 0 aliphatic rings. The molecule has 0 aromatic rings. The molecule has 0 rings (SSSR count). The molecule has 5 nitrogen and oxygen atoms in total. The maximum absolute atomic E-state index is 11.5. The van der Waals surface area contributed by atoms with Gasteiger partial charge in [-0.15, -0.1) is 0 Å². The van der Waals surface area contributed by atoms with Crippen LogP contribution in [0.4, 0.5) is 0 Å². The van der Waals surface area contributed by atoms with E-state index >= 15 is 0 Å². The van der Waals surface area contributed by atoms with Gasteiger partial charge in [-0.25, -0.2) is 8.42 Å². The van der Waals surface area contributed by atoms with Gasteiger partial charge in [0.05, 0.1) is 18.4 Å². The van der Waals surface area contributed by atoms with E-state index in [1.54, 1.807) is 6.92 Å². The van der Waals surface area contributed by atoms with Gasteiger partial charge in [0.15, 0.2) is 5.41 Å². The molecular weight excluding hydrogens is 230 g/mol. The van der Waals surface area contributed by atoms with Gasteiger partial charge in [-0.3, -0.25) is 4.79 Å². The zero-order valence-electron chi connectivity index (χ0n) is 9.82. The Kier molecular flexibility index (Phi) is 5.45. The first-order chi connectivity index (χ1) is 7.31. The molecule has 92 valence electrons. The number of hydrogen-bond donors (Lipinski definition) is 0. The molecule has 0 bridgehead atoms. The Morgan fingerprint density at radius 3 is 2.38 bits per heavy atom. The summed E-state index contributed by atoms with van der Waals surface area (Å²) in [5.74, 6) is -0.826. The number of hydrogen-bond acceptors (Lipinski definition) is 5. The SMILES string of the molecule is CCOC(=O)C(C)(C#N)CCS(=O)(=O)CC. The van der Waals surface area contributed by atoms with E-state index in [2.05, 4.69) is 0 Å². The molecule has 0 saturated heterocycles. The second kappa shape index (κ2) is 5.85. The van der Waals surface area contributed by atoms with Crippen LogP contribution in [0, 0.1) is 16.7 Å². The van der Waals surface area contributed by atoms with Crippen LogP contribution in [0.1, 0.15) is 27.2 Å². The highest BCUT2D eigenvalue weighted by Crippen LogP contribution is 2.23. The van der Waals surface area contributed by atoms with Crippen molar-refractivity contribution < 1.29 is 17.9 Å². The Labute approximate surface area is 96.3 Å². The molecule has 0 aliphatic carbocycles. The number of rotatable bonds is 6. The third-order valence-electron chi connectivity index (χ3n) is 2.33. The highest BCUT2D eigenvalue weighted by molar-refractivity contribution is 7.91. The van der Waals surface area contributed by atoms with E-state index in [0.29, 0.717) is 0 Å². The van der Waals surface area contributed by atoms with Gasteiger partial charge in [-0.05, 0) is 20.3 Å². The predicted molar refractivity (Wildman–Crippen MR) is 59.3 cm³/mol. The van der Waals surface area contributed by atoms with E-state index in [0.717, 1.165) is 0 Å². The van der Waals surface area contributed by atoms with E-state index in [9.17, 15) is 13.2 Å². The Hall–Kier alpha value is -1.09. The van der Waals surface area contributed by atoms with E-state index < -0.39 is 21.2 Å². The highest BCUT2D eigenvalue weighted by Gasteiger charge is 2.35. The lowest BCUT2D eigenvalue weighted by Gasteiger charge is -2.18. The zero-order valence-corrected chi connectivity index (χ0v) is 10.6. The average molecular weight is 247 g/mol. The maximum atomic E-state index is 11.5. The van der Waals surface area contributed by atoms with E-state index in [4.69, 9.17) is 10.00 Å². The fourth-order valence-electron chi connectivity index (χ4n) is 0.998. The Morgan fingerprint density at radius 2 is 2.00 bits per heavy atom. The van der Waals surface area contributed by atoms with Crippen molar-refractivity contribution in [1.82, 2.24) is 0 Å². The molecule has 16 heavy (non-hydrogen) atoms. The van der Waals surface area contributed by atoms with Crippen molar-refractivity contribution in [1.29, 1.82) is 5.26 Å². The van der Waals surface area contributed by atoms with Gasteiger partial charge >= 0.3 is 5.97 Å². The zero-order chi connectivity index (χ0) is 12.8. The molecule has 0 spiro atoms. The Balaban J connectivity index is 4.64. The lowest BCUT2D eigenvalue weighted by atomic mass is 9.90. The predicted octanol–water partition coefficient (Wildman–Crippen LogP) is 0.904. The van der Waals surface area contributed by atoms with Crippen LogP contribution in [0.25, 0.3) is 0 Å². The lowest BCUT2D eigenvalue weighted by Crippen LogP contribution is -2.31. The summed E-state index contributed by atoms with van der Waals surface area (Å²) in [6.45, 7) is 4.74. The van der Waals surface area contributed by atoms with Gasteiger partial charge in [0, 0.05) is 5.75 Å². The molecule has 0 aliphatic heterocycles. The summed E-state index contributed by atoms with van der Waals surface area (Å²) in [6.07, 6.45) is -0.0293. The molecule has 1 unspecified atom stereocenters. The summed E-state index contributed by atoms with van der Waals surface area (Å²) in [4.78, 5) is 11.5. The molecule has 0 N–H and O–H groups in total. The Bertz CT molecular complexity index is 382. The third-order valence-corrected chi connectivity index (χ3v) is 4.03. The molecule has 0 saturated carbocycles. The Morgan fingerprint density at radius 1 is 1.44 bits per heavy atom. The van der Waals surface area contributed by atoms with Crippen LogP contribution < -0.4 is 0 Å². The summed E-state index contributed by atoms with van der Waals surface area (Å²) in [5, 5.41) is 8.91. The van der Waals surface area contributed by atoms with Gasteiger partial charge in [0.2, 0.25) is 0 Å². The van der Waals surface area contributed by atoms with Crippen molar-refractivity contribution in [3.63, 3.8) is 0 Å². The quantitative estimate of drug-likeness (QED) is 0.651. The van der Waals surface area contributed by atoms with Crippen LogP contribution in [0.2, 0.25) is 0 Å². The van der Waals surface area contributed by atoms with Gasteiger partial charge in [-0.2, -0.15) is 5.26 Å². The average Bonchev–Trinajstić information content (AvgIpc) is 2.26. The molecule has 0 radical (unpaired) electrons. The molecule has 0 fully saturated rings. The number of ether oxygens (including phenoxy) is 1. The molecule has 0 amide bonds. The number of esters is 1. The first-order valence-electron chi connectivity index (χ1n) is 5.10. The molecule has 0 aromatic carbocycles. The minimum absolute atomic E-state index is 0.0112. The van der Waals surface area contributed by atoms with Crippen molar-refractivity contribution in [3.05, 3.63) is 0 Å². The molecule has 6 heteroatoms. The lowest BCUT2D eigenvalue weighted by molar-refractivity contribution is -0.151. The van der Waals surface area contributed by atoms with Gasteiger partial charge in [0.1, 0.15) is 9.84 Å². The second-order valence-electron chi connectivity index (χ2n) is 3.65. The summed E-state index contributed by atoms with van der Waals surface area (Å²) in [7, 11) is -3.17. The fraction of sp³-hybridized carbons (Fsp3) is 0.800. The van der Waals surface area contributed by atoms with Crippen molar-refractivity contribution in [2.75, 3.05) is 18.1 Å². The maximum Gasteiger partial charge on any atom is 0.326 e. The smallest absolute Gasteiger partial charge is 0.326 e. The number of carbonyl (C=O) groups excluding carboxylic acids is 1. The molecule has 0 heterocycles. The van der Waals surface area contributed by atoms with Gasteiger partial charge in [0.25, 0.3) is 0 Å². The monoisotopic (exact) mass is 247 g/mol.